The molecule has 1 amide bonds. The second kappa shape index (κ2) is 6.75. The van der Waals surface area contributed by atoms with Gasteiger partial charge < -0.3 is 15.2 Å². The number of rotatable bonds is 6. The van der Waals surface area contributed by atoms with Crippen molar-refractivity contribution in [1.82, 2.24) is 0 Å². The molecule has 9 heteroatoms. The fourth-order valence-electron chi connectivity index (χ4n) is 2.03. The van der Waals surface area contributed by atoms with E-state index in [1.165, 1.54) is 38.5 Å². The predicted octanol–water partition coefficient (Wildman–Crippen LogP) is 1.74. The van der Waals surface area contributed by atoms with Gasteiger partial charge in [-0.3, -0.25) is 9.52 Å². The van der Waals surface area contributed by atoms with E-state index < -0.39 is 26.6 Å². The SMILES string of the molecule is COc1cc(F)c(S(=O)(=O)Nc2ccccc2C(N)=O)cc1OC. The first-order valence-corrected chi connectivity index (χ1v) is 8.11. The lowest BCUT2D eigenvalue weighted by Crippen LogP contribution is -2.19. The number of hydrogen-bond donors (Lipinski definition) is 2. The minimum atomic E-state index is -4.33. The third kappa shape index (κ3) is 3.40. The van der Waals surface area contributed by atoms with Gasteiger partial charge in [0, 0.05) is 12.1 Å². The van der Waals surface area contributed by atoms with Crippen LogP contribution in [0.25, 0.3) is 0 Å². The Bertz CT molecular complexity index is 883. The molecular weight excluding hydrogens is 339 g/mol. The van der Waals surface area contributed by atoms with Gasteiger partial charge in [-0.15, -0.1) is 0 Å². The first kappa shape index (κ1) is 17.5. The van der Waals surface area contributed by atoms with Crippen LogP contribution in [0.5, 0.6) is 11.5 Å². The Morgan fingerprint density at radius 2 is 1.71 bits per heavy atom. The maximum atomic E-state index is 14.2. The molecule has 3 N–H and O–H groups in total. The molecule has 0 bridgehead atoms. The molecule has 7 nitrogen and oxygen atoms in total. The molecule has 0 saturated heterocycles. The lowest BCUT2D eigenvalue weighted by molar-refractivity contribution is 0.100. The first-order chi connectivity index (χ1) is 11.3. The monoisotopic (exact) mass is 354 g/mol. The molecular formula is C15H15FN2O5S. The second-order valence-electron chi connectivity index (χ2n) is 4.65. The van der Waals surface area contributed by atoms with E-state index in [1.807, 2.05) is 0 Å². The Kier molecular flexibility index (Phi) is 4.93. The molecule has 2 rings (SSSR count). The number of methoxy groups -OCH3 is 2. The number of anilines is 1. The Morgan fingerprint density at radius 1 is 1.12 bits per heavy atom. The molecule has 24 heavy (non-hydrogen) atoms. The van der Waals surface area contributed by atoms with E-state index in [-0.39, 0.29) is 22.7 Å². The van der Waals surface area contributed by atoms with Crippen molar-refractivity contribution in [1.29, 1.82) is 0 Å². The first-order valence-electron chi connectivity index (χ1n) is 6.63. The van der Waals surface area contributed by atoms with Crippen LogP contribution in [-0.4, -0.2) is 28.5 Å². The summed E-state index contributed by atoms with van der Waals surface area (Å²) in [7, 11) is -1.73. The maximum absolute atomic E-state index is 14.2. The fourth-order valence-corrected chi connectivity index (χ4v) is 3.18. The van der Waals surface area contributed by atoms with Gasteiger partial charge in [0.1, 0.15) is 10.7 Å². The lowest BCUT2D eigenvalue weighted by atomic mass is 10.2. The zero-order valence-electron chi connectivity index (χ0n) is 12.9. The molecule has 0 aliphatic carbocycles. The normalized spacial score (nSPS) is 11.0. The Balaban J connectivity index is 2.51. The molecule has 0 aromatic heterocycles. The number of ether oxygens (including phenoxy) is 2. The minimum absolute atomic E-state index is 0.0399. The van der Waals surface area contributed by atoms with Crippen LogP contribution in [0.4, 0.5) is 10.1 Å². The van der Waals surface area contributed by atoms with E-state index in [4.69, 9.17) is 15.2 Å². The number of benzene rings is 2. The standard InChI is InChI=1S/C15H15FN2O5S/c1-22-12-7-10(16)14(8-13(12)23-2)24(20,21)18-11-6-4-3-5-9(11)15(17)19/h3-8,18H,1-2H3,(H2,17,19). The second-order valence-corrected chi connectivity index (χ2v) is 6.30. The maximum Gasteiger partial charge on any atom is 0.264 e. The van der Waals surface area contributed by atoms with Crippen LogP contribution in [0, 0.1) is 5.82 Å². The summed E-state index contributed by atoms with van der Waals surface area (Å²) in [6, 6.07) is 7.61. The highest BCUT2D eigenvalue weighted by atomic mass is 32.2. The van der Waals surface area contributed by atoms with Crippen LogP contribution in [0.3, 0.4) is 0 Å². The topological polar surface area (TPSA) is 108 Å². The molecule has 0 unspecified atom stereocenters. The number of amides is 1. The Morgan fingerprint density at radius 3 is 2.29 bits per heavy atom. The quantitative estimate of drug-likeness (QED) is 0.821. The Labute approximate surface area is 138 Å². The van der Waals surface area contributed by atoms with Crippen molar-refractivity contribution in [3.05, 3.63) is 47.8 Å². The van der Waals surface area contributed by atoms with Gasteiger partial charge in [-0.25, -0.2) is 12.8 Å². The van der Waals surface area contributed by atoms with E-state index in [9.17, 15) is 17.6 Å². The lowest BCUT2D eigenvalue weighted by Gasteiger charge is -2.14. The molecule has 128 valence electrons. The summed E-state index contributed by atoms with van der Waals surface area (Å²) < 4.78 is 51.1. The largest absolute Gasteiger partial charge is 0.493 e. The molecule has 2 aromatic rings. The average molecular weight is 354 g/mol. The summed E-state index contributed by atoms with van der Waals surface area (Å²) in [6.07, 6.45) is 0. The minimum Gasteiger partial charge on any atom is -0.493 e. The van der Waals surface area contributed by atoms with Gasteiger partial charge in [0.15, 0.2) is 11.5 Å². The van der Waals surface area contributed by atoms with Gasteiger partial charge in [0.05, 0.1) is 25.5 Å². The van der Waals surface area contributed by atoms with Crippen molar-refractivity contribution >= 4 is 21.6 Å². The molecule has 2 aromatic carbocycles. The smallest absolute Gasteiger partial charge is 0.264 e. The highest BCUT2D eigenvalue weighted by molar-refractivity contribution is 7.92. The number of carbonyl (C=O) groups is 1. The van der Waals surface area contributed by atoms with Gasteiger partial charge in [-0.2, -0.15) is 0 Å². The number of para-hydroxylation sites is 1. The van der Waals surface area contributed by atoms with E-state index in [0.717, 1.165) is 12.1 Å². The van der Waals surface area contributed by atoms with Crippen molar-refractivity contribution in [2.24, 2.45) is 5.73 Å². The average Bonchev–Trinajstić information content (AvgIpc) is 2.54. The van der Waals surface area contributed by atoms with Gasteiger partial charge in [-0.05, 0) is 12.1 Å². The summed E-state index contributed by atoms with van der Waals surface area (Å²) in [6.45, 7) is 0. The van der Waals surface area contributed by atoms with E-state index >= 15 is 0 Å². The zero-order valence-corrected chi connectivity index (χ0v) is 13.7. The number of halogens is 1. The number of nitrogens with two attached hydrogens (primary N) is 1. The van der Waals surface area contributed by atoms with Gasteiger partial charge in [-0.1, -0.05) is 12.1 Å². The molecule has 0 radical (unpaired) electrons. The van der Waals surface area contributed by atoms with Crippen LogP contribution in [0.1, 0.15) is 10.4 Å². The third-order valence-electron chi connectivity index (χ3n) is 3.16. The molecule has 0 aliphatic heterocycles. The van der Waals surface area contributed by atoms with Crippen LogP contribution < -0.4 is 19.9 Å². The van der Waals surface area contributed by atoms with Crippen LogP contribution >= 0.6 is 0 Å². The predicted molar refractivity (Wildman–Crippen MR) is 85.3 cm³/mol. The molecule has 0 aliphatic rings. The number of sulfonamides is 1. The van der Waals surface area contributed by atoms with Gasteiger partial charge in [0.25, 0.3) is 15.9 Å². The van der Waals surface area contributed by atoms with Crippen LogP contribution in [0.2, 0.25) is 0 Å². The third-order valence-corrected chi connectivity index (χ3v) is 4.54. The van der Waals surface area contributed by atoms with Crippen molar-refractivity contribution in [3.8, 4) is 11.5 Å². The van der Waals surface area contributed by atoms with Crippen molar-refractivity contribution in [2.45, 2.75) is 4.90 Å². The number of primary amides is 1. The van der Waals surface area contributed by atoms with Gasteiger partial charge >= 0.3 is 0 Å². The summed E-state index contributed by atoms with van der Waals surface area (Å²) in [5, 5.41) is 0. The zero-order chi connectivity index (χ0) is 17.9. The van der Waals surface area contributed by atoms with Gasteiger partial charge in [0.2, 0.25) is 0 Å². The summed E-state index contributed by atoms with van der Waals surface area (Å²) in [4.78, 5) is 10.7. The molecule has 0 fully saturated rings. The highest BCUT2D eigenvalue weighted by Gasteiger charge is 2.24. The Hall–Kier alpha value is -2.81. The van der Waals surface area contributed by atoms with Crippen molar-refractivity contribution in [2.75, 3.05) is 18.9 Å². The summed E-state index contributed by atoms with van der Waals surface area (Å²) in [5.74, 6) is -1.76. The molecule has 0 atom stereocenters. The van der Waals surface area contributed by atoms with Crippen LogP contribution in [0.15, 0.2) is 41.3 Å². The summed E-state index contributed by atoms with van der Waals surface area (Å²) in [5.41, 5.74) is 5.11. The molecule has 0 spiro atoms. The summed E-state index contributed by atoms with van der Waals surface area (Å²) >= 11 is 0. The fraction of sp³-hybridized carbons (Fsp3) is 0.133. The van der Waals surface area contributed by atoms with E-state index in [0.29, 0.717) is 0 Å². The number of carbonyl (C=O) groups excluding carboxylic acids is 1. The number of hydrogen-bond acceptors (Lipinski definition) is 5. The van der Waals surface area contributed by atoms with E-state index in [1.54, 1.807) is 0 Å². The molecule has 0 saturated carbocycles. The van der Waals surface area contributed by atoms with Crippen molar-refractivity contribution < 1.29 is 27.1 Å². The van der Waals surface area contributed by atoms with Crippen LogP contribution in [-0.2, 0) is 10.0 Å². The van der Waals surface area contributed by atoms with E-state index in [2.05, 4.69) is 4.72 Å². The molecule has 0 heterocycles. The number of nitrogens with one attached hydrogen (secondary N) is 1. The van der Waals surface area contributed by atoms with Crippen molar-refractivity contribution in [3.63, 3.8) is 0 Å². The highest BCUT2D eigenvalue weighted by Crippen LogP contribution is 2.32.